The fourth-order valence-electron chi connectivity index (χ4n) is 2.72. The van der Waals surface area contributed by atoms with E-state index in [0.29, 0.717) is 39.9 Å². The standard InChI is InChI=1S/C21H20FN3O4/c1-27-18-9-16(10-19(28-2)20(18)29-3)24-17-7-13(11-23-12-17)21(26)25-15-6-4-5-14(22)8-15/h4-12,24H,1-3H3,(H,25,26). The van der Waals surface area contributed by atoms with E-state index in [-0.39, 0.29) is 0 Å². The smallest absolute Gasteiger partial charge is 0.257 e. The Morgan fingerprint density at radius 3 is 2.24 bits per heavy atom. The minimum atomic E-state index is -0.432. The number of carbonyl (C=O) groups excluding carboxylic acids is 1. The first-order chi connectivity index (χ1) is 14.0. The Morgan fingerprint density at radius 2 is 1.62 bits per heavy atom. The van der Waals surface area contributed by atoms with E-state index in [2.05, 4.69) is 15.6 Å². The topological polar surface area (TPSA) is 81.7 Å². The van der Waals surface area contributed by atoms with Gasteiger partial charge in [0.25, 0.3) is 5.91 Å². The monoisotopic (exact) mass is 397 g/mol. The SMILES string of the molecule is COc1cc(Nc2cncc(C(=O)Nc3cccc(F)c3)c2)cc(OC)c1OC. The van der Waals surface area contributed by atoms with E-state index in [1.807, 2.05) is 0 Å². The molecule has 150 valence electrons. The first kappa shape index (κ1) is 19.9. The number of carbonyl (C=O) groups is 1. The maximum atomic E-state index is 13.3. The maximum Gasteiger partial charge on any atom is 0.257 e. The van der Waals surface area contributed by atoms with Gasteiger partial charge in [-0.15, -0.1) is 0 Å². The van der Waals surface area contributed by atoms with Crippen molar-refractivity contribution in [1.29, 1.82) is 0 Å². The van der Waals surface area contributed by atoms with Gasteiger partial charge >= 0.3 is 0 Å². The van der Waals surface area contributed by atoms with E-state index < -0.39 is 11.7 Å². The summed E-state index contributed by atoms with van der Waals surface area (Å²) in [5.74, 6) is 0.613. The lowest BCUT2D eigenvalue weighted by atomic mass is 10.2. The largest absolute Gasteiger partial charge is 0.493 e. The van der Waals surface area contributed by atoms with Gasteiger partial charge in [-0.1, -0.05) is 6.07 Å². The third-order valence-corrected chi connectivity index (χ3v) is 4.04. The molecule has 2 aromatic carbocycles. The summed E-state index contributed by atoms with van der Waals surface area (Å²) in [7, 11) is 4.58. The zero-order valence-corrected chi connectivity index (χ0v) is 16.2. The van der Waals surface area contributed by atoms with Gasteiger partial charge in [-0.3, -0.25) is 9.78 Å². The van der Waals surface area contributed by atoms with Crippen LogP contribution in [0.25, 0.3) is 0 Å². The normalized spacial score (nSPS) is 10.2. The van der Waals surface area contributed by atoms with Crippen molar-refractivity contribution in [3.8, 4) is 17.2 Å². The van der Waals surface area contributed by atoms with Crippen LogP contribution in [0.5, 0.6) is 17.2 Å². The number of methoxy groups -OCH3 is 3. The van der Waals surface area contributed by atoms with Crippen molar-refractivity contribution in [2.75, 3.05) is 32.0 Å². The summed E-state index contributed by atoms with van der Waals surface area (Å²) in [6, 6.07) is 10.8. The van der Waals surface area contributed by atoms with E-state index in [4.69, 9.17) is 14.2 Å². The summed E-state index contributed by atoms with van der Waals surface area (Å²) in [4.78, 5) is 16.6. The van der Waals surface area contributed by atoms with Crippen molar-refractivity contribution < 1.29 is 23.4 Å². The molecule has 2 N–H and O–H groups in total. The number of hydrogen-bond donors (Lipinski definition) is 2. The fraction of sp³-hybridized carbons (Fsp3) is 0.143. The minimum Gasteiger partial charge on any atom is -0.493 e. The maximum absolute atomic E-state index is 13.3. The molecule has 0 saturated heterocycles. The lowest BCUT2D eigenvalue weighted by Gasteiger charge is -2.15. The van der Waals surface area contributed by atoms with Crippen LogP contribution in [0.3, 0.4) is 0 Å². The Hall–Kier alpha value is -3.81. The van der Waals surface area contributed by atoms with Crippen LogP contribution in [0.15, 0.2) is 54.9 Å². The Balaban J connectivity index is 1.82. The van der Waals surface area contributed by atoms with Gasteiger partial charge < -0.3 is 24.8 Å². The molecule has 3 aromatic rings. The van der Waals surface area contributed by atoms with Crippen LogP contribution in [0.1, 0.15) is 10.4 Å². The summed E-state index contributed by atoms with van der Waals surface area (Å²) in [5, 5.41) is 5.79. The molecule has 0 fully saturated rings. The van der Waals surface area contributed by atoms with Crippen molar-refractivity contribution in [2.45, 2.75) is 0 Å². The Labute approximate surface area is 167 Å². The zero-order chi connectivity index (χ0) is 20.8. The van der Waals surface area contributed by atoms with E-state index in [0.717, 1.165) is 0 Å². The molecule has 0 saturated carbocycles. The van der Waals surface area contributed by atoms with Gasteiger partial charge in [0.1, 0.15) is 5.82 Å². The minimum absolute atomic E-state index is 0.312. The van der Waals surface area contributed by atoms with Crippen LogP contribution in [0.2, 0.25) is 0 Å². The third-order valence-electron chi connectivity index (χ3n) is 4.04. The van der Waals surface area contributed by atoms with Crippen molar-refractivity contribution >= 4 is 23.0 Å². The molecule has 8 heteroatoms. The molecular weight excluding hydrogens is 377 g/mol. The highest BCUT2D eigenvalue weighted by Gasteiger charge is 2.14. The summed E-state index contributed by atoms with van der Waals surface area (Å²) in [6.07, 6.45) is 3.00. The number of nitrogens with one attached hydrogen (secondary N) is 2. The zero-order valence-electron chi connectivity index (χ0n) is 16.2. The lowest BCUT2D eigenvalue weighted by Crippen LogP contribution is -2.12. The number of nitrogens with zero attached hydrogens (tertiary/aromatic N) is 1. The molecule has 1 heterocycles. The molecule has 0 bridgehead atoms. The summed E-state index contributed by atoms with van der Waals surface area (Å²) < 4.78 is 29.3. The molecule has 0 aliphatic rings. The van der Waals surface area contributed by atoms with Gasteiger partial charge in [0.05, 0.1) is 38.8 Å². The fourth-order valence-corrected chi connectivity index (χ4v) is 2.72. The lowest BCUT2D eigenvalue weighted by molar-refractivity contribution is 0.102. The van der Waals surface area contributed by atoms with Crippen LogP contribution in [0, 0.1) is 5.82 Å². The molecule has 1 aromatic heterocycles. The number of benzene rings is 2. The number of pyridine rings is 1. The van der Waals surface area contributed by atoms with Crippen LogP contribution < -0.4 is 24.8 Å². The molecule has 3 rings (SSSR count). The third kappa shape index (κ3) is 4.73. The first-order valence-corrected chi connectivity index (χ1v) is 8.63. The molecule has 0 aliphatic carbocycles. The Morgan fingerprint density at radius 1 is 0.897 bits per heavy atom. The number of anilines is 3. The molecule has 0 unspecified atom stereocenters. The summed E-state index contributed by atoms with van der Waals surface area (Å²) in [5.41, 5.74) is 1.90. The average Bonchev–Trinajstić information content (AvgIpc) is 2.73. The predicted molar refractivity (Wildman–Crippen MR) is 108 cm³/mol. The molecule has 0 spiro atoms. The van der Waals surface area contributed by atoms with Gasteiger partial charge in [-0.2, -0.15) is 0 Å². The van der Waals surface area contributed by atoms with Crippen molar-refractivity contribution in [2.24, 2.45) is 0 Å². The number of aromatic nitrogens is 1. The van der Waals surface area contributed by atoms with Crippen molar-refractivity contribution in [3.05, 3.63) is 66.2 Å². The van der Waals surface area contributed by atoms with Crippen LogP contribution in [0.4, 0.5) is 21.5 Å². The Bertz CT molecular complexity index is 1000. The Kier molecular flexibility index (Phi) is 6.13. The highest BCUT2D eigenvalue weighted by molar-refractivity contribution is 6.04. The molecule has 29 heavy (non-hydrogen) atoms. The van der Waals surface area contributed by atoms with Gasteiger partial charge in [-0.25, -0.2) is 4.39 Å². The summed E-state index contributed by atoms with van der Waals surface area (Å²) >= 11 is 0. The summed E-state index contributed by atoms with van der Waals surface area (Å²) in [6.45, 7) is 0. The van der Waals surface area contributed by atoms with Gasteiger partial charge in [-0.05, 0) is 24.3 Å². The van der Waals surface area contributed by atoms with Crippen molar-refractivity contribution in [1.82, 2.24) is 4.98 Å². The first-order valence-electron chi connectivity index (χ1n) is 8.63. The van der Waals surface area contributed by atoms with E-state index in [1.54, 1.807) is 30.5 Å². The van der Waals surface area contributed by atoms with E-state index in [9.17, 15) is 9.18 Å². The second-order valence-corrected chi connectivity index (χ2v) is 5.97. The average molecular weight is 397 g/mol. The molecule has 1 amide bonds. The predicted octanol–water partition coefficient (Wildman–Crippen LogP) is 4.24. The second kappa shape index (κ2) is 8.92. The number of halogens is 1. The van der Waals surface area contributed by atoms with Crippen LogP contribution in [-0.2, 0) is 0 Å². The molecule has 0 radical (unpaired) electrons. The molecule has 7 nitrogen and oxygen atoms in total. The van der Waals surface area contributed by atoms with Gasteiger partial charge in [0, 0.05) is 29.7 Å². The number of rotatable bonds is 7. The van der Waals surface area contributed by atoms with E-state index in [1.165, 1.54) is 45.7 Å². The highest BCUT2D eigenvalue weighted by Crippen LogP contribution is 2.40. The number of amides is 1. The second-order valence-electron chi connectivity index (χ2n) is 5.97. The molecular formula is C21H20FN3O4. The quantitative estimate of drug-likeness (QED) is 0.621. The molecule has 0 aliphatic heterocycles. The number of ether oxygens (including phenoxy) is 3. The molecule has 0 atom stereocenters. The highest BCUT2D eigenvalue weighted by atomic mass is 19.1. The van der Waals surface area contributed by atoms with Crippen LogP contribution >= 0.6 is 0 Å². The van der Waals surface area contributed by atoms with Crippen molar-refractivity contribution in [3.63, 3.8) is 0 Å². The van der Waals surface area contributed by atoms with Gasteiger partial charge in [0.2, 0.25) is 5.75 Å². The van der Waals surface area contributed by atoms with Gasteiger partial charge in [0.15, 0.2) is 11.5 Å². The number of hydrogen-bond acceptors (Lipinski definition) is 6. The van der Waals surface area contributed by atoms with Crippen LogP contribution in [-0.4, -0.2) is 32.2 Å². The van der Waals surface area contributed by atoms with E-state index >= 15 is 0 Å².